The molecular formula is C21H40O. The summed E-state index contributed by atoms with van der Waals surface area (Å²) in [5.41, 5.74) is 0. The van der Waals surface area contributed by atoms with E-state index < -0.39 is 0 Å². The SMILES string of the molecule is CCCCCCCC1CCC(C2CCC(CCO)CC2)CC1. The monoisotopic (exact) mass is 308 g/mol. The Bertz CT molecular complexity index is 259. The molecule has 2 fully saturated rings. The minimum atomic E-state index is 0.401. The Morgan fingerprint density at radius 3 is 1.64 bits per heavy atom. The molecule has 0 radical (unpaired) electrons. The second-order valence-electron chi connectivity index (χ2n) is 8.28. The zero-order valence-electron chi connectivity index (χ0n) is 15.1. The Balaban J connectivity index is 1.55. The lowest BCUT2D eigenvalue weighted by molar-refractivity contribution is 0.131. The molecule has 2 saturated carbocycles. The molecule has 0 atom stereocenters. The van der Waals surface area contributed by atoms with Crippen LogP contribution in [0, 0.1) is 23.7 Å². The molecule has 2 aliphatic rings. The lowest BCUT2D eigenvalue weighted by Crippen LogP contribution is -2.26. The van der Waals surface area contributed by atoms with E-state index in [-0.39, 0.29) is 0 Å². The zero-order valence-corrected chi connectivity index (χ0v) is 15.1. The van der Waals surface area contributed by atoms with E-state index in [4.69, 9.17) is 5.11 Å². The van der Waals surface area contributed by atoms with Crippen LogP contribution in [0.25, 0.3) is 0 Å². The second kappa shape index (κ2) is 10.7. The molecule has 0 bridgehead atoms. The van der Waals surface area contributed by atoms with Crippen molar-refractivity contribution in [1.29, 1.82) is 0 Å². The molecule has 0 spiro atoms. The molecule has 0 unspecified atom stereocenters. The van der Waals surface area contributed by atoms with Gasteiger partial charge < -0.3 is 5.11 Å². The van der Waals surface area contributed by atoms with Gasteiger partial charge in [-0.1, -0.05) is 71.1 Å². The van der Waals surface area contributed by atoms with Crippen molar-refractivity contribution in [3.63, 3.8) is 0 Å². The van der Waals surface area contributed by atoms with Crippen LogP contribution in [0.2, 0.25) is 0 Å². The van der Waals surface area contributed by atoms with Crippen LogP contribution in [0.1, 0.15) is 103 Å². The number of hydrogen-bond acceptors (Lipinski definition) is 1. The maximum absolute atomic E-state index is 9.08. The molecule has 22 heavy (non-hydrogen) atoms. The van der Waals surface area contributed by atoms with Gasteiger partial charge in [0.25, 0.3) is 0 Å². The minimum Gasteiger partial charge on any atom is -0.396 e. The molecule has 1 N–H and O–H groups in total. The molecular weight excluding hydrogens is 268 g/mol. The molecule has 1 nitrogen and oxygen atoms in total. The van der Waals surface area contributed by atoms with Crippen molar-refractivity contribution in [3.8, 4) is 0 Å². The third-order valence-electron chi connectivity index (χ3n) is 6.70. The van der Waals surface area contributed by atoms with Crippen molar-refractivity contribution >= 4 is 0 Å². The maximum atomic E-state index is 9.08. The highest BCUT2D eigenvalue weighted by Gasteiger charge is 2.30. The average molecular weight is 309 g/mol. The van der Waals surface area contributed by atoms with E-state index in [1.807, 2.05) is 0 Å². The van der Waals surface area contributed by atoms with Crippen LogP contribution < -0.4 is 0 Å². The van der Waals surface area contributed by atoms with E-state index in [0.29, 0.717) is 6.61 Å². The van der Waals surface area contributed by atoms with Gasteiger partial charge in [-0.2, -0.15) is 0 Å². The van der Waals surface area contributed by atoms with Gasteiger partial charge in [-0.05, 0) is 55.8 Å². The number of aliphatic hydroxyl groups is 1. The predicted molar refractivity (Wildman–Crippen MR) is 96.0 cm³/mol. The normalized spacial score (nSPS) is 33.0. The molecule has 0 amide bonds. The topological polar surface area (TPSA) is 20.2 Å². The van der Waals surface area contributed by atoms with E-state index in [2.05, 4.69) is 6.92 Å². The maximum Gasteiger partial charge on any atom is 0.0433 e. The molecule has 2 aliphatic carbocycles. The van der Waals surface area contributed by atoms with Crippen molar-refractivity contribution in [2.24, 2.45) is 23.7 Å². The summed E-state index contributed by atoms with van der Waals surface area (Å²) in [5.74, 6) is 3.97. The van der Waals surface area contributed by atoms with Crippen molar-refractivity contribution in [1.82, 2.24) is 0 Å². The van der Waals surface area contributed by atoms with E-state index in [9.17, 15) is 0 Å². The summed E-state index contributed by atoms with van der Waals surface area (Å²) in [6.07, 6.45) is 21.6. The summed E-state index contributed by atoms with van der Waals surface area (Å²) in [5, 5.41) is 9.08. The van der Waals surface area contributed by atoms with E-state index in [0.717, 1.165) is 30.1 Å². The van der Waals surface area contributed by atoms with Crippen molar-refractivity contribution in [2.45, 2.75) is 103 Å². The van der Waals surface area contributed by atoms with Crippen LogP contribution in [0.4, 0.5) is 0 Å². The molecule has 0 heterocycles. The molecule has 0 aromatic rings. The Morgan fingerprint density at radius 1 is 0.636 bits per heavy atom. The minimum absolute atomic E-state index is 0.401. The molecule has 1 heteroatoms. The summed E-state index contributed by atoms with van der Waals surface area (Å²) in [4.78, 5) is 0. The molecule has 0 aromatic carbocycles. The molecule has 0 aliphatic heterocycles. The first kappa shape index (κ1) is 18.3. The standard InChI is InChI=1S/C21H40O/c1-2-3-4-5-6-7-18-8-12-20(13-9-18)21-14-10-19(11-15-21)16-17-22/h18-22H,2-17H2,1H3. The van der Waals surface area contributed by atoms with Crippen molar-refractivity contribution in [2.75, 3.05) is 6.61 Å². The van der Waals surface area contributed by atoms with Gasteiger partial charge in [-0.3, -0.25) is 0 Å². The summed E-state index contributed by atoms with van der Waals surface area (Å²) < 4.78 is 0. The van der Waals surface area contributed by atoms with Gasteiger partial charge in [0.1, 0.15) is 0 Å². The number of hydrogen-bond donors (Lipinski definition) is 1. The van der Waals surface area contributed by atoms with Gasteiger partial charge >= 0.3 is 0 Å². The third kappa shape index (κ3) is 6.22. The first-order valence-electron chi connectivity index (χ1n) is 10.4. The fourth-order valence-corrected chi connectivity index (χ4v) is 5.12. The molecule has 0 saturated heterocycles. The molecule has 2 rings (SSSR count). The van der Waals surface area contributed by atoms with Crippen LogP contribution in [-0.4, -0.2) is 11.7 Å². The van der Waals surface area contributed by atoms with Crippen LogP contribution in [0.5, 0.6) is 0 Å². The summed E-state index contributed by atoms with van der Waals surface area (Å²) in [7, 11) is 0. The Kier molecular flexibility index (Phi) is 8.89. The van der Waals surface area contributed by atoms with Crippen molar-refractivity contribution < 1.29 is 5.11 Å². The Morgan fingerprint density at radius 2 is 1.14 bits per heavy atom. The lowest BCUT2D eigenvalue weighted by atomic mass is 9.68. The van der Waals surface area contributed by atoms with Gasteiger partial charge in [-0.15, -0.1) is 0 Å². The van der Waals surface area contributed by atoms with Crippen LogP contribution in [0.15, 0.2) is 0 Å². The zero-order chi connectivity index (χ0) is 15.6. The lowest BCUT2D eigenvalue weighted by Gasteiger charge is -2.38. The van der Waals surface area contributed by atoms with Crippen LogP contribution in [-0.2, 0) is 0 Å². The van der Waals surface area contributed by atoms with Gasteiger partial charge in [0, 0.05) is 6.61 Å². The van der Waals surface area contributed by atoms with Gasteiger partial charge in [0.05, 0.1) is 0 Å². The number of aliphatic hydroxyl groups excluding tert-OH is 1. The highest BCUT2D eigenvalue weighted by molar-refractivity contribution is 4.82. The summed E-state index contributed by atoms with van der Waals surface area (Å²) in [6.45, 7) is 2.71. The first-order valence-corrected chi connectivity index (χ1v) is 10.4. The summed E-state index contributed by atoms with van der Waals surface area (Å²) >= 11 is 0. The Hall–Kier alpha value is -0.0400. The van der Waals surface area contributed by atoms with E-state index >= 15 is 0 Å². The highest BCUT2D eigenvalue weighted by atomic mass is 16.3. The fraction of sp³-hybridized carbons (Fsp3) is 1.00. The predicted octanol–water partition coefficient (Wildman–Crippen LogP) is 6.34. The van der Waals surface area contributed by atoms with Gasteiger partial charge in [0.15, 0.2) is 0 Å². The average Bonchev–Trinajstić information content (AvgIpc) is 2.56. The third-order valence-corrected chi connectivity index (χ3v) is 6.70. The smallest absolute Gasteiger partial charge is 0.0433 e. The highest BCUT2D eigenvalue weighted by Crippen LogP contribution is 2.42. The second-order valence-corrected chi connectivity index (χ2v) is 8.28. The number of unbranched alkanes of at least 4 members (excludes halogenated alkanes) is 4. The Labute approximate surface area is 139 Å². The first-order chi connectivity index (χ1) is 10.8. The van der Waals surface area contributed by atoms with Crippen molar-refractivity contribution in [3.05, 3.63) is 0 Å². The van der Waals surface area contributed by atoms with Gasteiger partial charge in [0.2, 0.25) is 0 Å². The van der Waals surface area contributed by atoms with Gasteiger partial charge in [-0.25, -0.2) is 0 Å². The molecule has 130 valence electrons. The fourth-order valence-electron chi connectivity index (χ4n) is 5.12. The largest absolute Gasteiger partial charge is 0.396 e. The van der Waals surface area contributed by atoms with E-state index in [1.165, 1.54) is 89.9 Å². The van der Waals surface area contributed by atoms with Crippen LogP contribution in [0.3, 0.4) is 0 Å². The summed E-state index contributed by atoms with van der Waals surface area (Å²) in [6, 6.07) is 0. The molecule has 0 aromatic heterocycles. The quantitative estimate of drug-likeness (QED) is 0.493. The number of rotatable bonds is 9. The van der Waals surface area contributed by atoms with Crippen LogP contribution >= 0.6 is 0 Å². The van der Waals surface area contributed by atoms with E-state index in [1.54, 1.807) is 0 Å².